The molecule has 0 spiro atoms. The van der Waals surface area contributed by atoms with Crippen LogP contribution in [0.3, 0.4) is 0 Å². The van der Waals surface area contributed by atoms with Crippen LogP contribution in [0.15, 0.2) is 48.5 Å². The fourth-order valence-corrected chi connectivity index (χ4v) is 3.35. The Hall–Kier alpha value is -2.82. The molecule has 2 aromatic rings. The van der Waals surface area contributed by atoms with Crippen molar-refractivity contribution in [1.82, 2.24) is 9.80 Å². The summed E-state index contributed by atoms with van der Waals surface area (Å²) in [5.74, 6) is 0.689. The second-order valence-electron chi connectivity index (χ2n) is 6.95. The van der Waals surface area contributed by atoms with Crippen LogP contribution in [-0.4, -0.2) is 54.4 Å². The molecule has 1 aliphatic rings. The summed E-state index contributed by atoms with van der Waals surface area (Å²) in [6.45, 7) is 6.40. The van der Waals surface area contributed by atoms with Gasteiger partial charge in [0.05, 0.1) is 0 Å². The molecule has 0 N–H and O–H groups in total. The van der Waals surface area contributed by atoms with Crippen molar-refractivity contribution < 1.29 is 14.3 Å². The number of rotatable bonds is 4. The zero-order valence-corrected chi connectivity index (χ0v) is 16.0. The van der Waals surface area contributed by atoms with Crippen molar-refractivity contribution in [3.05, 3.63) is 65.2 Å². The summed E-state index contributed by atoms with van der Waals surface area (Å²) in [5, 5.41) is 0. The third kappa shape index (κ3) is 4.88. The molecule has 1 heterocycles. The van der Waals surface area contributed by atoms with Gasteiger partial charge in [-0.2, -0.15) is 0 Å². The molecule has 0 bridgehead atoms. The Labute approximate surface area is 160 Å². The summed E-state index contributed by atoms with van der Waals surface area (Å²) in [7, 11) is 0. The lowest BCUT2D eigenvalue weighted by atomic mass is 10.0. The van der Waals surface area contributed by atoms with Crippen LogP contribution in [0.5, 0.6) is 5.75 Å². The molecule has 1 fully saturated rings. The molecule has 0 radical (unpaired) electrons. The molecule has 5 nitrogen and oxygen atoms in total. The smallest absolute Gasteiger partial charge is 0.260 e. The van der Waals surface area contributed by atoms with Gasteiger partial charge in [0.2, 0.25) is 0 Å². The van der Waals surface area contributed by atoms with Gasteiger partial charge in [-0.3, -0.25) is 9.59 Å². The first kappa shape index (κ1) is 19.0. The molecule has 0 unspecified atom stereocenters. The van der Waals surface area contributed by atoms with Gasteiger partial charge in [-0.05, 0) is 44.0 Å². The van der Waals surface area contributed by atoms with Gasteiger partial charge < -0.3 is 14.5 Å². The van der Waals surface area contributed by atoms with Crippen molar-refractivity contribution in [2.24, 2.45) is 0 Å². The van der Waals surface area contributed by atoms with E-state index in [0.717, 1.165) is 23.1 Å². The number of nitrogens with zero attached hydrogens (tertiary/aromatic N) is 2. The second kappa shape index (κ2) is 8.71. The maximum Gasteiger partial charge on any atom is 0.260 e. The van der Waals surface area contributed by atoms with E-state index in [4.69, 9.17) is 4.74 Å². The number of carbonyl (C=O) groups is 2. The highest BCUT2D eigenvalue weighted by Gasteiger charge is 2.23. The first-order chi connectivity index (χ1) is 13.0. The molecule has 3 rings (SSSR count). The highest BCUT2D eigenvalue weighted by atomic mass is 16.5. The minimum absolute atomic E-state index is 0.0228. The quantitative estimate of drug-likeness (QED) is 0.836. The van der Waals surface area contributed by atoms with Crippen LogP contribution in [-0.2, 0) is 4.79 Å². The van der Waals surface area contributed by atoms with Gasteiger partial charge in [-0.1, -0.05) is 35.9 Å². The molecule has 1 saturated heterocycles. The highest BCUT2D eigenvalue weighted by Crippen LogP contribution is 2.15. The highest BCUT2D eigenvalue weighted by molar-refractivity contribution is 5.95. The van der Waals surface area contributed by atoms with E-state index in [2.05, 4.69) is 0 Å². The second-order valence-corrected chi connectivity index (χ2v) is 6.95. The Morgan fingerprint density at radius 1 is 0.926 bits per heavy atom. The lowest BCUT2D eigenvalue weighted by Gasteiger charge is -2.23. The topological polar surface area (TPSA) is 49.9 Å². The summed E-state index contributed by atoms with van der Waals surface area (Å²) in [6.07, 6.45) is 0.772. The Balaban J connectivity index is 1.56. The minimum atomic E-state index is -0.0420. The average Bonchev–Trinajstić information content (AvgIpc) is 2.93. The summed E-state index contributed by atoms with van der Waals surface area (Å²) >= 11 is 0. The molecule has 5 heteroatoms. The molecule has 1 aliphatic heterocycles. The standard InChI is InChI=1S/C22H26N2O3/c1-17-9-10-20(18(2)15-17)22(26)24-12-6-11-23(13-14-24)21(25)16-27-19-7-4-3-5-8-19/h3-5,7-10,15H,6,11-14,16H2,1-2H3. The molecule has 2 aromatic carbocycles. The van der Waals surface area contributed by atoms with Crippen LogP contribution in [0.4, 0.5) is 0 Å². The van der Waals surface area contributed by atoms with E-state index in [9.17, 15) is 9.59 Å². The molecule has 2 amide bonds. The first-order valence-corrected chi connectivity index (χ1v) is 9.37. The number of amides is 2. The van der Waals surface area contributed by atoms with Gasteiger partial charge in [0.1, 0.15) is 5.75 Å². The maximum absolute atomic E-state index is 12.9. The van der Waals surface area contributed by atoms with Crippen LogP contribution in [0.25, 0.3) is 0 Å². The Morgan fingerprint density at radius 3 is 2.37 bits per heavy atom. The Morgan fingerprint density at radius 2 is 1.63 bits per heavy atom. The van der Waals surface area contributed by atoms with Gasteiger partial charge in [0.25, 0.3) is 11.8 Å². The Bertz CT molecular complexity index is 804. The molecular weight excluding hydrogens is 340 g/mol. The van der Waals surface area contributed by atoms with E-state index < -0.39 is 0 Å². The van der Waals surface area contributed by atoms with Crippen molar-refractivity contribution >= 4 is 11.8 Å². The summed E-state index contributed by atoms with van der Waals surface area (Å²) in [4.78, 5) is 29.0. The van der Waals surface area contributed by atoms with Gasteiger partial charge in [-0.15, -0.1) is 0 Å². The molecule has 0 aliphatic carbocycles. The molecule has 0 aromatic heterocycles. The SMILES string of the molecule is Cc1ccc(C(=O)N2CCCN(C(=O)COc3ccccc3)CC2)c(C)c1. The summed E-state index contributed by atoms with van der Waals surface area (Å²) in [6, 6.07) is 15.2. The average molecular weight is 366 g/mol. The monoisotopic (exact) mass is 366 g/mol. The normalized spacial score (nSPS) is 14.6. The van der Waals surface area contributed by atoms with Crippen molar-refractivity contribution in [2.45, 2.75) is 20.3 Å². The van der Waals surface area contributed by atoms with Gasteiger partial charge in [0.15, 0.2) is 6.61 Å². The number of carbonyl (C=O) groups excluding carboxylic acids is 2. The largest absolute Gasteiger partial charge is 0.484 e. The number of para-hydroxylation sites is 1. The fraction of sp³-hybridized carbons (Fsp3) is 0.364. The molecule has 142 valence electrons. The number of hydrogen-bond acceptors (Lipinski definition) is 3. The summed E-state index contributed by atoms with van der Waals surface area (Å²) in [5.41, 5.74) is 2.89. The van der Waals surface area contributed by atoms with E-state index in [1.807, 2.05) is 67.3 Å². The number of ether oxygens (including phenoxy) is 1. The van der Waals surface area contributed by atoms with Crippen LogP contribution >= 0.6 is 0 Å². The van der Waals surface area contributed by atoms with Crippen LogP contribution in [0.2, 0.25) is 0 Å². The van der Waals surface area contributed by atoms with Crippen LogP contribution in [0, 0.1) is 13.8 Å². The van der Waals surface area contributed by atoms with E-state index in [1.165, 1.54) is 0 Å². The number of hydrogen-bond donors (Lipinski definition) is 0. The van der Waals surface area contributed by atoms with E-state index in [0.29, 0.717) is 31.9 Å². The minimum Gasteiger partial charge on any atom is -0.484 e. The van der Waals surface area contributed by atoms with Crippen LogP contribution < -0.4 is 4.74 Å². The van der Waals surface area contributed by atoms with Crippen molar-refractivity contribution in [3.8, 4) is 5.75 Å². The van der Waals surface area contributed by atoms with Gasteiger partial charge >= 0.3 is 0 Å². The predicted octanol–water partition coefficient (Wildman–Crippen LogP) is 3.06. The van der Waals surface area contributed by atoms with Crippen molar-refractivity contribution in [2.75, 3.05) is 32.8 Å². The van der Waals surface area contributed by atoms with E-state index in [1.54, 1.807) is 4.90 Å². The lowest BCUT2D eigenvalue weighted by Crippen LogP contribution is -2.39. The summed E-state index contributed by atoms with van der Waals surface area (Å²) < 4.78 is 5.56. The zero-order chi connectivity index (χ0) is 19.2. The van der Waals surface area contributed by atoms with Crippen LogP contribution in [0.1, 0.15) is 27.9 Å². The fourth-order valence-electron chi connectivity index (χ4n) is 3.35. The predicted molar refractivity (Wildman–Crippen MR) is 105 cm³/mol. The first-order valence-electron chi connectivity index (χ1n) is 9.37. The van der Waals surface area contributed by atoms with E-state index in [-0.39, 0.29) is 18.4 Å². The zero-order valence-electron chi connectivity index (χ0n) is 16.0. The maximum atomic E-state index is 12.9. The van der Waals surface area contributed by atoms with Crippen molar-refractivity contribution in [3.63, 3.8) is 0 Å². The lowest BCUT2D eigenvalue weighted by molar-refractivity contribution is -0.133. The van der Waals surface area contributed by atoms with Gasteiger partial charge in [-0.25, -0.2) is 0 Å². The van der Waals surface area contributed by atoms with Crippen molar-refractivity contribution in [1.29, 1.82) is 0 Å². The third-order valence-corrected chi connectivity index (χ3v) is 4.85. The number of benzene rings is 2. The third-order valence-electron chi connectivity index (χ3n) is 4.85. The molecule has 0 saturated carbocycles. The molecular formula is C22H26N2O3. The molecule has 0 atom stereocenters. The van der Waals surface area contributed by atoms with E-state index >= 15 is 0 Å². The molecule has 27 heavy (non-hydrogen) atoms. The number of aryl methyl sites for hydroxylation is 2. The van der Waals surface area contributed by atoms with Gasteiger partial charge in [0, 0.05) is 31.7 Å². The Kier molecular flexibility index (Phi) is 6.12.